The fraction of sp³-hybridized carbons (Fsp3) is 0.200. The quantitative estimate of drug-likeness (QED) is 0.452. The normalized spacial score (nSPS) is 12.5. The van der Waals surface area contributed by atoms with Crippen molar-refractivity contribution in [1.29, 1.82) is 0 Å². The number of halogens is 2. The second kappa shape index (κ2) is 7.54. The number of rotatable bonds is 4. The van der Waals surface area contributed by atoms with E-state index in [9.17, 15) is 4.79 Å². The van der Waals surface area contributed by atoms with Crippen LogP contribution in [0.3, 0.4) is 0 Å². The van der Waals surface area contributed by atoms with Crippen LogP contribution in [0.25, 0.3) is 11.3 Å². The number of carbonyl (C=O) groups is 1. The molecule has 0 saturated heterocycles. The number of carbonyl (C=O) groups excluding carboxylic acids is 1. The van der Waals surface area contributed by atoms with Gasteiger partial charge in [0, 0.05) is 16.1 Å². The topological polar surface area (TPSA) is 25.9 Å². The molecule has 1 aliphatic rings. The second-order valence-corrected chi connectivity index (χ2v) is 6.55. The molecule has 0 amide bonds. The molecule has 3 nitrogen and oxygen atoms in total. The smallest absolute Gasteiger partial charge is 0.257 e. The van der Waals surface area contributed by atoms with Gasteiger partial charge in [0.05, 0.1) is 13.0 Å². The molecule has 0 unspecified atom stereocenters. The summed E-state index contributed by atoms with van der Waals surface area (Å²) in [4.78, 5) is 12.6. The highest BCUT2D eigenvalue weighted by Gasteiger charge is 2.29. The number of benzene rings is 2. The zero-order valence-electron chi connectivity index (χ0n) is 13.7. The molecule has 0 fully saturated rings. The third kappa shape index (κ3) is 3.55. The average Bonchev–Trinajstić information content (AvgIpc) is 3.20. The summed E-state index contributed by atoms with van der Waals surface area (Å²) in [6.45, 7) is 1.38. The molecular weight excluding hydrogens is 400 g/mol. The molecule has 25 heavy (non-hydrogen) atoms. The monoisotopic (exact) mass is 417 g/mol. The fourth-order valence-electron chi connectivity index (χ4n) is 3.37. The van der Waals surface area contributed by atoms with E-state index in [1.54, 1.807) is 24.3 Å². The summed E-state index contributed by atoms with van der Waals surface area (Å²) in [6.07, 6.45) is 4.25. The Morgan fingerprint density at radius 3 is 2.52 bits per heavy atom. The SMILES string of the molecule is Br.O=C(C[n+]1cc(-c2ccccc2)n2c1CCC2)c1ccc(Cl)cc1. The largest absolute Gasteiger partial charge is 0.290 e. The van der Waals surface area contributed by atoms with Crippen molar-refractivity contribution >= 4 is 34.4 Å². The standard InChI is InChI=1S/C20H18ClN2O.BrH/c21-17-10-8-16(9-11-17)19(24)14-22-13-18(15-5-2-1-3-6-15)23-12-4-7-20(22)23;/h1-3,5-6,8-11,13H,4,7,12,14H2;1H/q+1;. The van der Waals surface area contributed by atoms with Gasteiger partial charge in [-0.25, -0.2) is 9.13 Å². The summed E-state index contributed by atoms with van der Waals surface area (Å²) in [5, 5.41) is 0.648. The molecule has 0 atom stereocenters. The molecule has 1 aromatic heterocycles. The van der Waals surface area contributed by atoms with Gasteiger partial charge >= 0.3 is 0 Å². The van der Waals surface area contributed by atoms with Crippen molar-refractivity contribution in [3.05, 3.63) is 77.2 Å². The number of ketones is 1. The molecule has 2 aromatic carbocycles. The number of nitrogens with zero attached hydrogens (tertiary/aromatic N) is 2. The highest BCUT2D eigenvalue weighted by molar-refractivity contribution is 8.93. The zero-order chi connectivity index (χ0) is 16.5. The van der Waals surface area contributed by atoms with Crippen molar-refractivity contribution in [3.63, 3.8) is 0 Å². The molecule has 0 bridgehead atoms. The lowest BCUT2D eigenvalue weighted by molar-refractivity contribution is -0.689. The van der Waals surface area contributed by atoms with Gasteiger partial charge in [-0.05, 0) is 30.7 Å². The maximum atomic E-state index is 12.6. The number of hydrogen-bond acceptors (Lipinski definition) is 1. The summed E-state index contributed by atoms with van der Waals surface area (Å²) < 4.78 is 4.44. The molecule has 0 radical (unpaired) electrons. The summed E-state index contributed by atoms with van der Waals surface area (Å²) in [5.74, 6) is 1.34. The molecule has 3 aromatic rings. The maximum absolute atomic E-state index is 12.6. The van der Waals surface area contributed by atoms with Crippen molar-refractivity contribution in [2.75, 3.05) is 0 Å². The highest BCUT2D eigenvalue weighted by Crippen LogP contribution is 2.24. The van der Waals surface area contributed by atoms with Gasteiger partial charge in [-0.15, -0.1) is 17.0 Å². The van der Waals surface area contributed by atoms with Gasteiger partial charge in [0.15, 0.2) is 12.2 Å². The Hall–Kier alpha value is -1.91. The van der Waals surface area contributed by atoms with Crippen LogP contribution >= 0.6 is 28.6 Å². The minimum absolute atomic E-state index is 0. The van der Waals surface area contributed by atoms with Crippen LogP contribution in [0.5, 0.6) is 0 Å². The van der Waals surface area contributed by atoms with E-state index >= 15 is 0 Å². The number of Topliss-reactive ketones (excluding diaryl/α,β-unsaturated/α-hetero) is 1. The summed E-state index contributed by atoms with van der Waals surface area (Å²) in [5.41, 5.74) is 3.08. The van der Waals surface area contributed by atoms with E-state index in [4.69, 9.17) is 11.6 Å². The number of fused-ring (bicyclic) bond motifs is 1. The average molecular weight is 419 g/mol. The summed E-state index contributed by atoms with van der Waals surface area (Å²) in [6, 6.07) is 17.5. The number of aromatic nitrogens is 2. The van der Waals surface area contributed by atoms with Crippen LogP contribution < -0.4 is 4.57 Å². The summed E-state index contributed by atoms with van der Waals surface area (Å²) in [7, 11) is 0. The van der Waals surface area contributed by atoms with Crippen LogP contribution in [0.15, 0.2) is 60.8 Å². The Labute approximate surface area is 162 Å². The van der Waals surface area contributed by atoms with Crippen LogP contribution in [0, 0.1) is 0 Å². The Morgan fingerprint density at radius 2 is 1.80 bits per heavy atom. The third-order valence-electron chi connectivity index (χ3n) is 4.54. The Bertz CT molecular complexity index is 888. The van der Waals surface area contributed by atoms with Crippen LogP contribution in [0.2, 0.25) is 5.02 Å². The molecule has 0 saturated carbocycles. The molecule has 0 N–H and O–H groups in total. The number of imidazole rings is 1. The lowest BCUT2D eigenvalue weighted by atomic mass is 10.1. The van der Waals surface area contributed by atoms with E-state index in [0.717, 1.165) is 19.4 Å². The molecule has 0 aliphatic carbocycles. The number of hydrogen-bond donors (Lipinski definition) is 0. The van der Waals surface area contributed by atoms with Gasteiger partial charge in [0.1, 0.15) is 6.20 Å². The van der Waals surface area contributed by atoms with E-state index < -0.39 is 0 Å². The van der Waals surface area contributed by atoms with Gasteiger partial charge in [0.2, 0.25) is 5.78 Å². The molecule has 128 valence electrons. The molecule has 5 heteroatoms. The Kier molecular flexibility index (Phi) is 5.40. The van der Waals surface area contributed by atoms with E-state index in [2.05, 4.69) is 27.5 Å². The predicted molar refractivity (Wildman–Crippen MR) is 104 cm³/mol. The molecule has 2 heterocycles. The van der Waals surface area contributed by atoms with Gasteiger partial charge in [-0.2, -0.15) is 0 Å². The molecule has 0 spiro atoms. The summed E-state index contributed by atoms with van der Waals surface area (Å²) >= 11 is 5.90. The van der Waals surface area contributed by atoms with Crippen LogP contribution in [-0.4, -0.2) is 10.4 Å². The van der Waals surface area contributed by atoms with E-state index in [-0.39, 0.29) is 22.8 Å². The predicted octanol–water partition coefficient (Wildman–Crippen LogP) is 4.50. The van der Waals surface area contributed by atoms with Crippen LogP contribution in [0.4, 0.5) is 0 Å². The van der Waals surface area contributed by atoms with Crippen molar-refractivity contribution in [2.45, 2.75) is 25.9 Å². The highest BCUT2D eigenvalue weighted by atomic mass is 79.9. The molecular formula is C20H19BrClN2O+. The Balaban J connectivity index is 0.00000182. The van der Waals surface area contributed by atoms with Crippen molar-refractivity contribution < 1.29 is 9.36 Å². The molecule has 4 rings (SSSR count). The van der Waals surface area contributed by atoms with Crippen LogP contribution in [0.1, 0.15) is 22.6 Å². The minimum Gasteiger partial charge on any atom is -0.290 e. The van der Waals surface area contributed by atoms with Gasteiger partial charge < -0.3 is 0 Å². The Morgan fingerprint density at radius 1 is 1.08 bits per heavy atom. The first-order chi connectivity index (χ1) is 11.7. The van der Waals surface area contributed by atoms with Crippen molar-refractivity contribution in [1.82, 2.24) is 4.57 Å². The first kappa shape index (κ1) is 17.9. The first-order valence-electron chi connectivity index (χ1n) is 8.18. The molecule has 1 aliphatic heterocycles. The minimum atomic E-state index is 0. The lowest BCUT2D eigenvalue weighted by Crippen LogP contribution is -2.40. The zero-order valence-corrected chi connectivity index (χ0v) is 16.2. The van der Waals surface area contributed by atoms with Crippen LogP contribution in [-0.2, 0) is 19.5 Å². The van der Waals surface area contributed by atoms with Gasteiger partial charge in [-0.1, -0.05) is 41.9 Å². The third-order valence-corrected chi connectivity index (χ3v) is 4.80. The maximum Gasteiger partial charge on any atom is 0.257 e. The first-order valence-corrected chi connectivity index (χ1v) is 8.56. The van der Waals surface area contributed by atoms with Crippen molar-refractivity contribution in [3.8, 4) is 11.3 Å². The van der Waals surface area contributed by atoms with Crippen molar-refractivity contribution in [2.24, 2.45) is 0 Å². The van der Waals surface area contributed by atoms with E-state index in [0.29, 0.717) is 17.1 Å². The van der Waals surface area contributed by atoms with Gasteiger partial charge in [-0.3, -0.25) is 4.79 Å². The fourth-order valence-corrected chi connectivity index (χ4v) is 3.49. The van der Waals surface area contributed by atoms with E-state index in [1.165, 1.54) is 17.1 Å². The second-order valence-electron chi connectivity index (χ2n) is 6.11. The lowest BCUT2D eigenvalue weighted by Gasteiger charge is -2.00. The van der Waals surface area contributed by atoms with E-state index in [1.807, 2.05) is 18.2 Å². The van der Waals surface area contributed by atoms with Gasteiger partial charge in [0.25, 0.3) is 5.82 Å².